The maximum Gasteiger partial charge on any atom is 0.323 e. The van der Waals surface area contributed by atoms with Crippen molar-refractivity contribution in [3.05, 3.63) is 83.4 Å². The molecule has 4 unspecified atom stereocenters. The quantitative estimate of drug-likeness (QED) is 0.247. The lowest BCUT2D eigenvalue weighted by Crippen LogP contribution is -2.50. The first-order valence-corrected chi connectivity index (χ1v) is 17.6. The number of benzene rings is 3. The van der Waals surface area contributed by atoms with E-state index in [-0.39, 0.29) is 53.4 Å². The van der Waals surface area contributed by atoms with Crippen LogP contribution in [-0.4, -0.2) is 80.7 Å². The largest absolute Gasteiger partial charge is 0.497 e. The zero-order chi connectivity index (χ0) is 34.6. The molecule has 0 bridgehead atoms. The number of allylic oxidation sites excluding steroid dienone is 1. The average Bonchev–Trinajstić information content (AvgIpc) is 3.09. The number of nitrogens with one attached hydrogen (secondary N) is 2. The van der Waals surface area contributed by atoms with E-state index in [1.165, 1.54) is 36.2 Å². The fourth-order valence-corrected chi connectivity index (χ4v) is 7.40. The molecule has 0 radical (unpaired) electrons. The number of anilines is 2. The second-order valence-electron chi connectivity index (χ2n) is 12.4. The Morgan fingerprint density at radius 3 is 2.48 bits per heavy atom. The molecule has 0 saturated heterocycles. The summed E-state index contributed by atoms with van der Waals surface area (Å²) < 4.78 is 40.1. The molecule has 256 valence electrons. The van der Waals surface area contributed by atoms with Crippen LogP contribution in [0.15, 0.2) is 71.6 Å². The van der Waals surface area contributed by atoms with E-state index in [0.29, 0.717) is 17.4 Å². The van der Waals surface area contributed by atoms with E-state index in [1.807, 2.05) is 25.1 Å². The van der Waals surface area contributed by atoms with Crippen molar-refractivity contribution in [3.8, 4) is 11.5 Å². The third-order valence-corrected chi connectivity index (χ3v) is 11.0. The zero-order valence-electron chi connectivity index (χ0n) is 28.0. The topological polar surface area (TPSA) is 138 Å². The van der Waals surface area contributed by atoms with Crippen molar-refractivity contribution < 1.29 is 32.6 Å². The second-order valence-corrected chi connectivity index (χ2v) is 14.4. The van der Waals surface area contributed by atoms with E-state index < -0.39 is 28.2 Å². The smallest absolute Gasteiger partial charge is 0.323 e. The number of likely N-dealkylation sites (N-methyl/N-ethyl adjacent to an activating group) is 1. The van der Waals surface area contributed by atoms with E-state index in [1.54, 1.807) is 42.2 Å². The van der Waals surface area contributed by atoms with Gasteiger partial charge in [-0.25, -0.2) is 13.2 Å². The first-order valence-electron chi connectivity index (χ1n) is 16.2. The molecule has 4 atom stereocenters. The van der Waals surface area contributed by atoms with Crippen molar-refractivity contribution in [2.75, 3.05) is 44.5 Å². The van der Waals surface area contributed by atoms with Gasteiger partial charge in [-0.2, -0.15) is 4.31 Å². The molecule has 5 rings (SSSR count). The standard InChI is InChI=1S/C36H44N4O7S/c1-6-25-10-7-12-29-28(25)11-8-14-31(29)37-36(43)38-32-15-9-13-30-34(32)47-33(23(2)20-40(35(30)42)24(3)22-41)21-39(4)48(44,45)27-18-16-26(46-5)17-19-27/h7-9,11-19,23-25,33,41H,6,10,20-22H2,1-5H3,(H2,37,38,43). The van der Waals surface area contributed by atoms with Gasteiger partial charge >= 0.3 is 6.03 Å². The molecule has 1 aliphatic carbocycles. The van der Waals surface area contributed by atoms with Gasteiger partial charge in [0.25, 0.3) is 5.91 Å². The number of urea groups is 1. The minimum absolute atomic E-state index is 0.0495. The van der Waals surface area contributed by atoms with Crippen LogP contribution in [0, 0.1) is 5.92 Å². The van der Waals surface area contributed by atoms with Gasteiger partial charge in [-0.05, 0) is 73.7 Å². The number of ether oxygens (including phenoxy) is 2. The summed E-state index contributed by atoms with van der Waals surface area (Å²) >= 11 is 0. The summed E-state index contributed by atoms with van der Waals surface area (Å²) in [6.45, 7) is 5.66. The van der Waals surface area contributed by atoms with Gasteiger partial charge in [0, 0.05) is 30.8 Å². The summed E-state index contributed by atoms with van der Waals surface area (Å²) in [4.78, 5) is 29.0. The van der Waals surface area contributed by atoms with E-state index in [4.69, 9.17) is 9.47 Å². The van der Waals surface area contributed by atoms with Crippen molar-refractivity contribution in [1.29, 1.82) is 0 Å². The number of rotatable bonds is 10. The van der Waals surface area contributed by atoms with Gasteiger partial charge < -0.3 is 30.1 Å². The zero-order valence-corrected chi connectivity index (χ0v) is 28.8. The van der Waals surface area contributed by atoms with Gasteiger partial charge in [-0.15, -0.1) is 0 Å². The Morgan fingerprint density at radius 2 is 1.79 bits per heavy atom. The van der Waals surface area contributed by atoms with Crippen LogP contribution in [0.2, 0.25) is 0 Å². The molecule has 48 heavy (non-hydrogen) atoms. The third-order valence-electron chi connectivity index (χ3n) is 9.17. The van der Waals surface area contributed by atoms with Crippen molar-refractivity contribution in [1.82, 2.24) is 9.21 Å². The van der Waals surface area contributed by atoms with E-state index >= 15 is 0 Å². The number of aliphatic hydroxyl groups is 1. The normalized spacial score (nSPS) is 19.8. The molecule has 11 nitrogen and oxygen atoms in total. The minimum Gasteiger partial charge on any atom is -0.497 e. The highest BCUT2D eigenvalue weighted by Gasteiger charge is 2.36. The van der Waals surface area contributed by atoms with Crippen LogP contribution in [0.4, 0.5) is 16.2 Å². The number of fused-ring (bicyclic) bond motifs is 2. The summed E-state index contributed by atoms with van der Waals surface area (Å²) in [5, 5.41) is 15.9. The Bertz CT molecular complexity index is 1780. The number of para-hydroxylation sites is 1. The molecule has 3 N–H and O–H groups in total. The number of aliphatic hydroxyl groups excluding tert-OH is 1. The van der Waals surface area contributed by atoms with Crippen molar-refractivity contribution in [2.24, 2.45) is 5.92 Å². The molecule has 0 aromatic heterocycles. The lowest BCUT2D eigenvalue weighted by molar-refractivity contribution is 0.0389. The van der Waals surface area contributed by atoms with Crippen LogP contribution in [0.1, 0.15) is 61.0 Å². The van der Waals surface area contributed by atoms with Gasteiger partial charge in [0.05, 0.1) is 42.4 Å². The molecule has 1 aliphatic heterocycles. The number of methoxy groups -OCH3 is 1. The van der Waals surface area contributed by atoms with E-state index in [2.05, 4.69) is 29.7 Å². The number of nitrogens with zero attached hydrogens (tertiary/aromatic N) is 2. The van der Waals surface area contributed by atoms with Crippen molar-refractivity contribution >= 4 is 39.4 Å². The van der Waals surface area contributed by atoms with E-state index in [0.717, 1.165) is 18.4 Å². The highest BCUT2D eigenvalue weighted by Crippen LogP contribution is 2.37. The number of carbonyl (C=O) groups excluding carboxylic acids is 2. The lowest BCUT2D eigenvalue weighted by Gasteiger charge is -2.38. The van der Waals surface area contributed by atoms with Crippen LogP contribution in [0.25, 0.3) is 6.08 Å². The van der Waals surface area contributed by atoms with Crippen LogP contribution >= 0.6 is 0 Å². The maximum atomic E-state index is 13.9. The first-order chi connectivity index (χ1) is 23.0. The fourth-order valence-electron chi connectivity index (χ4n) is 6.21. The first kappa shape index (κ1) is 34.9. The number of hydrogen-bond acceptors (Lipinski definition) is 7. The molecule has 1 heterocycles. The Balaban J connectivity index is 1.46. The van der Waals surface area contributed by atoms with Gasteiger partial charge in [-0.3, -0.25) is 4.79 Å². The third kappa shape index (κ3) is 7.20. The summed E-state index contributed by atoms with van der Waals surface area (Å²) in [6.07, 6.45) is 5.34. The molecule has 0 spiro atoms. The molecular formula is C36H44N4O7S. The number of carbonyl (C=O) groups is 2. The average molecular weight is 677 g/mol. The lowest BCUT2D eigenvalue weighted by atomic mass is 9.85. The van der Waals surface area contributed by atoms with E-state index in [9.17, 15) is 23.1 Å². The summed E-state index contributed by atoms with van der Waals surface area (Å²) in [7, 11) is -0.933. The van der Waals surface area contributed by atoms with Gasteiger partial charge in [0.15, 0.2) is 5.75 Å². The molecule has 0 saturated carbocycles. The monoisotopic (exact) mass is 676 g/mol. The Labute approximate surface area is 282 Å². The van der Waals surface area contributed by atoms with Gasteiger partial charge in [0.1, 0.15) is 11.9 Å². The predicted molar refractivity (Wildman–Crippen MR) is 186 cm³/mol. The van der Waals surface area contributed by atoms with Crippen LogP contribution in [0.3, 0.4) is 0 Å². The molecule has 3 aromatic carbocycles. The second kappa shape index (κ2) is 14.8. The number of sulfonamides is 1. The molecule has 3 amide bonds. The van der Waals surface area contributed by atoms with Crippen molar-refractivity contribution in [2.45, 2.75) is 56.6 Å². The molecule has 12 heteroatoms. The molecule has 3 aromatic rings. The summed E-state index contributed by atoms with van der Waals surface area (Å²) in [6, 6.07) is 15.8. The van der Waals surface area contributed by atoms with Crippen LogP contribution < -0.4 is 20.1 Å². The SMILES string of the molecule is CCC1CC=Cc2c(NC(=O)Nc3cccc4c3OC(CN(C)S(=O)(=O)c3ccc(OC)cc3)C(C)CN(C(C)CO)C4=O)cccc21. The fraction of sp³-hybridized carbons (Fsp3) is 0.389. The summed E-state index contributed by atoms with van der Waals surface area (Å²) in [5.74, 6) is 0.304. The van der Waals surface area contributed by atoms with Gasteiger partial charge in [0.2, 0.25) is 10.0 Å². The van der Waals surface area contributed by atoms with Crippen molar-refractivity contribution in [3.63, 3.8) is 0 Å². The van der Waals surface area contributed by atoms with Gasteiger partial charge in [-0.1, -0.05) is 44.2 Å². The molecule has 2 aliphatic rings. The Kier molecular flexibility index (Phi) is 10.8. The van der Waals surface area contributed by atoms with Crippen LogP contribution in [0.5, 0.6) is 11.5 Å². The molecule has 0 fully saturated rings. The molecular weight excluding hydrogens is 632 g/mol. The number of hydrogen-bond donors (Lipinski definition) is 3. The maximum absolute atomic E-state index is 13.9. The Hall–Kier alpha value is -4.39. The predicted octanol–water partition coefficient (Wildman–Crippen LogP) is 5.79. The number of amides is 3. The minimum atomic E-state index is -3.92. The highest BCUT2D eigenvalue weighted by molar-refractivity contribution is 7.89. The summed E-state index contributed by atoms with van der Waals surface area (Å²) in [5.41, 5.74) is 3.25. The Morgan fingerprint density at radius 1 is 1.10 bits per heavy atom. The van der Waals surface area contributed by atoms with Crippen LogP contribution in [-0.2, 0) is 10.0 Å². The highest BCUT2D eigenvalue weighted by atomic mass is 32.2.